The monoisotopic (exact) mass is 413 g/mol. The highest BCUT2D eigenvalue weighted by atomic mass is 16.6. The van der Waals surface area contributed by atoms with Crippen molar-refractivity contribution >= 4 is 17.9 Å². The van der Waals surface area contributed by atoms with Gasteiger partial charge in [0.05, 0.1) is 0 Å². The lowest BCUT2D eigenvalue weighted by Gasteiger charge is -2.34. The molecule has 1 fully saturated rings. The minimum absolute atomic E-state index is 0.0749. The van der Waals surface area contributed by atoms with Gasteiger partial charge in [0.25, 0.3) is 11.8 Å². The van der Waals surface area contributed by atoms with Crippen molar-refractivity contribution in [1.29, 1.82) is 0 Å². The Balaban J connectivity index is 1.56. The fourth-order valence-electron chi connectivity index (χ4n) is 3.30. The van der Waals surface area contributed by atoms with Crippen LogP contribution in [0.1, 0.15) is 60.6 Å². The number of nitrogens with zero attached hydrogens (tertiary/aromatic N) is 3. The smallest absolute Gasteiger partial charge is 0.410 e. The Morgan fingerprint density at radius 3 is 2.37 bits per heavy atom. The van der Waals surface area contributed by atoms with Gasteiger partial charge in [-0.1, -0.05) is 6.07 Å². The summed E-state index contributed by atoms with van der Waals surface area (Å²) < 4.78 is 7.31. The van der Waals surface area contributed by atoms with Crippen LogP contribution in [0.5, 0.6) is 0 Å². The van der Waals surface area contributed by atoms with Gasteiger partial charge in [-0.3, -0.25) is 25.4 Å². The molecule has 0 spiro atoms. The number of nitrogens with one attached hydrogen (secondary N) is 2. The molecule has 9 heteroatoms. The molecule has 1 saturated heterocycles. The van der Waals surface area contributed by atoms with Gasteiger partial charge in [-0.05, 0) is 57.9 Å². The molecule has 3 amide bonds. The van der Waals surface area contributed by atoms with Crippen LogP contribution in [0.15, 0.2) is 42.7 Å². The minimum atomic E-state index is -0.528. The van der Waals surface area contributed by atoms with Gasteiger partial charge < -0.3 is 14.2 Å². The van der Waals surface area contributed by atoms with Gasteiger partial charge in [-0.15, -0.1) is 0 Å². The first-order valence-corrected chi connectivity index (χ1v) is 9.91. The van der Waals surface area contributed by atoms with E-state index < -0.39 is 17.4 Å². The number of piperidine rings is 1. The van der Waals surface area contributed by atoms with E-state index in [4.69, 9.17) is 4.74 Å². The largest absolute Gasteiger partial charge is 0.444 e. The van der Waals surface area contributed by atoms with E-state index in [-0.39, 0.29) is 17.8 Å². The summed E-state index contributed by atoms with van der Waals surface area (Å²) in [5, 5.41) is 0. The van der Waals surface area contributed by atoms with Crippen molar-refractivity contribution in [3.63, 3.8) is 0 Å². The molecule has 3 heterocycles. The fourth-order valence-corrected chi connectivity index (χ4v) is 3.30. The van der Waals surface area contributed by atoms with E-state index in [9.17, 15) is 14.4 Å². The number of carbonyl (C=O) groups is 3. The van der Waals surface area contributed by atoms with Gasteiger partial charge in [-0.25, -0.2) is 4.79 Å². The highest BCUT2D eigenvalue weighted by Gasteiger charge is 2.28. The Kier molecular flexibility index (Phi) is 6.39. The number of carbonyl (C=O) groups excluding carboxylic acids is 3. The number of hydrazine groups is 1. The van der Waals surface area contributed by atoms with Crippen molar-refractivity contribution in [2.24, 2.45) is 0 Å². The maximum atomic E-state index is 12.6. The van der Waals surface area contributed by atoms with Crippen LogP contribution in [0.3, 0.4) is 0 Å². The molecule has 0 unspecified atom stereocenters. The molecule has 3 rings (SSSR count). The lowest BCUT2D eigenvalue weighted by atomic mass is 10.0. The normalized spacial score (nSPS) is 14.8. The number of likely N-dealkylation sites (tertiary alicyclic amines) is 1. The summed E-state index contributed by atoms with van der Waals surface area (Å²) in [4.78, 5) is 42.5. The average molecular weight is 413 g/mol. The molecule has 0 radical (unpaired) electrons. The average Bonchev–Trinajstić information content (AvgIpc) is 3.21. The van der Waals surface area contributed by atoms with Crippen LogP contribution in [-0.4, -0.2) is 51.0 Å². The summed E-state index contributed by atoms with van der Waals surface area (Å²) in [5.41, 5.74) is 4.93. The van der Waals surface area contributed by atoms with Gasteiger partial charge >= 0.3 is 6.09 Å². The van der Waals surface area contributed by atoms with Gasteiger partial charge in [-0.2, -0.15) is 0 Å². The van der Waals surface area contributed by atoms with Crippen LogP contribution in [-0.2, 0) is 4.74 Å². The van der Waals surface area contributed by atoms with E-state index in [1.54, 1.807) is 35.2 Å². The van der Waals surface area contributed by atoms with E-state index in [1.165, 1.54) is 6.20 Å². The zero-order valence-corrected chi connectivity index (χ0v) is 17.4. The fraction of sp³-hybridized carbons (Fsp3) is 0.429. The third kappa shape index (κ3) is 5.37. The van der Waals surface area contributed by atoms with Crippen LogP contribution in [0, 0.1) is 0 Å². The summed E-state index contributed by atoms with van der Waals surface area (Å²) in [6.07, 6.45) is 4.43. The van der Waals surface area contributed by atoms with E-state index in [0.29, 0.717) is 31.6 Å². The molecule has 30 heavy (non-hydrogen) atoms. The molecule has 0 aliphatic carbocycles. The molecule has 160 valence electrons. The molecule has 0 aromatic carbocycles. The Labute approximate surface area is 175 Å². The predicted molar refractivity (Wildman–Crippen MR) is 110 cm³/mol. The van der Waals surface area contributed by atoms with Crippen LogP contribution >= 0.6 is 0 Å². The van der Waals surface area contributed by atoms with E-state index in [2.05, 4.69) is 15.8 Å². The quantitative estimate of drug-likeness (QED) is 0.753. The molecule has 2 aromatic heterocycles. The number of amides is 3. The van der Waals surface area contributed by atoms with Crippen LogP contribution < -0.4 is 10.9 Å². The second-order valence-electron chi connectivity index (χ2n) is 8.12. The van der Waals surface area contributed by atoms with Crippen molar-refractivity contribution in [3.05, 3.63) is 54.1 Å². The van der Waals surface area contributed by atoms with Gasteiger partial charge in [0.1, 0.15) is 17.0 Å². The SMILES string of the molecule is CC(C)(C)OC(=O)N1CCC(n2cccc2C(=O)NNC(=O)c2ccccn2)CC1. The number of aromatic nitrogens is 2. The lowest BCUT2D eigenvalue weighted by molar-refractivity contribution is 0.0187. The third-order valence-electron chi connectivity index (χ3n) is 4.71. The Bertz CT molecular complexity index is 896. The highest BCUT2D eigenvalue weighted by Crippen LogP contribution is 2.25. The second-order valence-corrected chi connectivity index (χ2v) is 8.12. The van der Waals surface area contributed by atoms with Crippen molar-refractivity contribution < 1.29 is 19.1 Å². The van der Waals surface area contributed by atoms with Crippen LogP contribution in [0.2, 0.25) is 0 Å². The van der Waals surface area contributed by atoms with Crippen molar-refractivity contribution in [2.45, 2.75) is 45.3 Å². The zero-order chi connectivity index (χ0) is 21.7. The molecular weight excluding hydrogens is 386 g/mol. The van der Waals surface area contributed by atoms with E-state index >= 15 is 0 Å². The summed E-state index contributed by atoms with van der Waals surface area (Å²) in [6, 6.07) is 8.52. The van der Waals surface area contributed by atoms with Gasteiger partial charge in [0, 0.05) is 31.5 Å². The minimum Gasteiger partial charge on any atom is -0.444 e. The number of rotatable bonds is 3. The molecular formula is C21H27N5O4. The predicted octanol–water partition coefficient (Wildman–Crippen LogP) is 2.53. The standard InChI is InChI=1S/C21H27N5O4/c1-21(2,3)30-20(29)25-13-9-15(10-14-25)26-12-6-8-17(26)19(28)24-23-18(27)16-7-4-5-11-22-16/h4-8,11-12,15H,9-10,13-14H2,1-3H3,(H,23,27)(H,24,28). The van der Waals surface area contributed by atoms with Crippen molar-refractivity contribution in [3.8, 4) is 0 Å². The van der Waals surface area contributed by atoms with Crippen LogP contribution in [0.25, 0.3) is 0 Å². The first-order valence-electron chi connectivity index (χ1n) is 9.91. The molecule has 2 aromatic rings. The van der Waals surface area contributed by atoms with E-state index in [0.717, 1.165) is 0 Å². The molecule has 1 aliphatic heterocycles. The Hall–Kier alpha value is -3.36. The van der Waals surface area contributed by atoms with Gasteiger partial charge in [0.2, 0.25) is 0 Å². The topological polar surface area (TPSA) is 106 Å². The summed E-state index contributed by atoms with van der Waals surface area (Å²) in [7, 11) is 0. The molecule has 0 bridgehead atoms. The number of hydrogen-bond acceptors (Lipinski definition) is 5. The molecule has 0 atom stereocenters. The summed E-state index contributed by atoms with van der Waals surface area (Å²) in [5.74, 6) is -0.911. The van der Waals surface area contributed by atoms with Crippen molar-refractivity contribution in [1.82, 2.24) is 25.3 Å². The highest BCUT2D eigenvalue weighted by molar-refractivity contribution is 5.97. The molecule has 1 aliphatic rings. The first kappa shape index (κ1) is 21.4. The number of ether oxygens (including phenoxy) is 1. The lowest BCUT2D eigenvalue weighted by Crippen LogP contribution is -2.44. The van der Waals surface area contributed by atoms with E-state index in [1.807, 2.05) is 31.5 Å². The first-order chi connectivity index (χ1) is 14.2. The summed E-state index contributed by atoms with van der Waals surface area (Å²) in [6.45, 7) is 6.63. The molecule has 9 nitrogen and oxygen atoms in total. The maximum Gasteiger partial charge on any atom is 0.410 e. The number of hydrogen-bond donors (Lipinski definition) is 2. The Morgan fingerprint density at radius 1 is 1.03 bits per heavy atom. The number of pyridine rings is 1. The summed E-state index contributed by atoms with van der Waals surface area (Å²) >= 11 is 0. The van der Waals surface area contributed by atoms with Gasteiger partial charge in [0.15, 0.2) is 0 Å². The Morgan fingerprint density at radius 2 is 1.73 bits per heavy atom. The van der Waals surface area contributed by atoms with Crippen LogP contribution in [0.4, 0.5) is 4.79 Å². The maximum absolute atomic E-state index is 12.6. The second kappa shape index (κ2) is 8.98. The molecule has 0 saturated carbocycles. The third-order valence-corrected chi connectivity index (χ3v) is 4.71. The molecule has 2 N–H and O–H groups in total. The zero-order valence-electron chi connectivity index (χ0n) is 17.4. The van der Waals surface area contributed by atoms with Crippen molar-refractivity contribution in [2.75, 3.05) is 13.1 Å².